The third kappa shape index (κ3) is 2.89. The molecule has 0 saturated carbocycles. The minimum atomic E-state index is 0.504. The van der Waals surface area contributed by atoms with Crippen molar-refractivity contribution in [2.75, 3.05) is 13.7 Å². The van der Waals surface area contributed by atoms with E-state index in [1.54, 1.807) is 7.11 Å². The van der Waals surface area contributed by atoms with Gasteiger partial charge in [0.05, 0.1) is 7.11 Å². The summed E-state index contributed by atoms with van der Waals surface area (Å²) in [6.07, 6.45) is 6.65. The summed E-state index contributed by atoms with van der Waals surface area (Å²) in [7, 11) is 1.73. The monoisotopic (exact) mass is 231 g/mol. The van der Waals surface area contributed by atoms with E-state index in [1.165, 1.54) is 30.4 Å². The molecular weight excluding hydrogens is 210 g/mol. The zero-order valence-electron chi connectivity index (χ0n) is 10.5. The molecular formula is C15H21NO. The number of methoxy groups -OCH3 is 1. The maximum absolute atomic E-state index is 5.28. The highest BCUT2D eigenvalue weighted by molar-refractivity contribution is 5.39. The molecule has 2 heteroatoms. The fourth-order valence-corrected chi connectivity index (χ4v) is 2.49. The Morgan fingerprint density at radius 1 is 1.53 bits per heavy atom. The van der Waals surface area contributed by atoms with E-state index in [0.717, 1.165) is 18.7 Å². The molecule has 17 heavy (non-hydrogen) atoms. The van der Waals surface area contributed by atoms with Crippen molar-refractivity contribution >= 4 is 0 Å². The summed E-state index contributed by atoms with van der Waals surface area (Å²) < 4.78 is 5.28. The molecule has 0 amide bonds. The summed E-state index contributed by atoms with van der Waals surface area (Å²) in [4.78, 5) is 0. The van der Waals surface area contributed by atoms with E-state index in [0.29, 0.717) is 6.04 Å². The Morgan fingerprint density at radius 2 is 2.41 bits per heavy atom. The molecule has 1 N–H and O–H groups in total. The van der Waals surface area contributed by atoms with Crippen molar-refractivity contribution in [3.63, 3.8) is 0 Å². The lowest BCUT2D eigenvalue weighted by Crippen LogP contribution is -2.25. The third-order valence-corrected chi connectivity index (χ3v) is 3.40. The third-order valence-electron chi connectivity index (χ3n) is 3.40. The van der Waals surface area contributed by atoms with Crippen LogP contribution in [-0.2, 0) is 6.42 Å². The van der Waals surface area contributed by atoms with Crippen LogP contribution in [-0.4, -0.2) is 13.7 Å². The van der Waals surface area contributed by atoms with E-state index in [1.807, 2.05) is 6.08 Å². The van der Waals surface area contributed by atoms with Crippen molar-refractivity contribution in [2.24, 2.45) is 0 Å². The molecule has 0 saturated heterocycles. The Morgan fingerprint density at radius 3 is 3.18 bits per heavy atom. The second kappa shape index (κ2) is 5.87. The standard InChI is InChI=1S/C15H21NO/c1-3-4-10-16-15-7-5-6-12-11-13(17-2)8-9-14(12)15/h3,8-9,11,15-16H,1,4-7,10H2,2H3. The first-order valence-electron chi connectivity index (χ1n) is 6.36. The number of hydrogen-bond acceptors (Lipinski definition) is 2. The van der Waals surface area contributed by atoms with Gasteiger partial charge in [0.25, 0.3) is 0 Å². The number of ether oxygens (including phenoxy) is 1. The van der Waals surface area contributed by atoms with E-state index in [4.69, 9.17) is 4.74 Å². The van der Waals surface area contributed by atoms with Gasteiger partial charge < -0.3 is 10.1 Å². The van der Waals surface area contributed by atoms with Crippen LogP contribution in [0.15, 0.2) is 30.9 Å². The van der Waals surface area contributed by atoms with E-state index >= 15 is 0 Å². The fourth-order valence-electron chi connectivity index (χ4n) is 2.49. The molecule has 92 valence electrons. The number of rotatable bonds is 5. The van der Waals surface area contributed by atoms with Crippen molar-refractivity contribution in [3.8, 4) is 5.75 Å². The molecule has 1 aromatic rings. The van der Waals surface area contributed by atoms with Crippen LogP contribution in [0.5, 0.6) is 5.75 Å². The summed E-state index contributed by atoms with van der Waals surface area (Å²) in [5.74, 6) is 0.968. The van der Waals surface area contributed by atoms with Crippen molar-refractivity contribution in [1.29, 1.82) is 0 Å². The van der Waals surface area contributed by atoms with Crippen molar-refractivity contribution in [2.45, 2.75) is 31.7 Å². The Kier molecular flexibility index (Phi) is 4.21. The molecule has 0 aliphatic heterocycles. The minimum absolute atomic E-state index is 0.504. The Hall–Kier alpha value is -1.28. The van der Waals surface area contributed by atoms with E-state index in [2.05, 4.69) is 30.1 Å². The van der Waals surface area contributed by atoms with E-state index < -0.39 is 0 Å². The van der Waals surface area contributed by atoms with Crippen LogP contribution >= 0.6 is 0 Å². The van der Waals surface area contributed by atoms with Gasteiger partial charge in [-0.1, -0.05) is 12.1 Å². The molecule has 0 bridgehead atoms. The quantitative estimate of drug-likeness (QED) is 0.620. The van der Waals surface area contributed by atoms with E-state index in [9.17, 15) is 0 Å². The van der Waals surface area contributed by atoms with Crippen LogP contribution in [0.3, 0.4) is 0 Å². The highest BCUT2D eigenvalue weighted by Gasteiger charge is 2.19. The normalized spacial score (nSPS) is 18.5. The second-order valence-electron chi connectivity index (χ2n) is 4.54. The summed E-state index contributed by atoms with van der Waals surface area (Å²) >= 11 is 0. The lowest BCUT2D eigenvalue weighted by Gasteiger charge is -2.26. The first kappa shape index (κ1) is 12.2. The van der Waals surface area contributed by atoms with Crippen LogP contribution in [0.2, 0.25) is 0 Å². The maximum atomic E-state index is 5.28. The summed E-state index contributed by atoms with van der Waals surface area (Å²) in [5, 5.41) is 3.60. The average Bonchev–Trinajstić information content (AvgIpc) is 2.38. The Bertz CT molecular complexity index is 387. The van der Waals surface area contributed by atoms with Crippen LogP contribution in [0.4, 0.5) is 0 Å². The highest BCUT2D eigenvalue weighted by atomic mass is 16.5. The lowest BCUT2D eigenvalue weighted by atomic mass is 9.87. The first-order chi connectivity index (χ1) is 8.35. The molecule has 2 nitrogen and oxygen atoms in total. The van der Waals surface area contributed by atoms with Gasteiger partial charge in [-0.15, -0.1) is 6.58 Å². The molecule has 1 aromatic carbocycles. The van der Waals surface area contributed by atoms with Crippen LogP contribution in [0, 0.1) is 0 Å². The predicted molar refractivity (Wildman–Crippen MR) is 71.5 cm³/mol. The maximum Gasteiger partial charge on any atom is 0.119 e. The van der Waals surface area contributed by atoms with Gasteiger partial charge in [0.15, 0.2) is 0 Å². The fraction of sp³-hybridized carbons (Fsp3) is 0.467. The van der Waals surface area contributed by atoms with Gasteiger partial charge in [-0.2, -0.15) is 0 Å². The van der Waals surface area contributed by atoms with Gasteiger partial charge in [0.1, 0.15) is 5.75 Å². The second-order valence-corrected chi connectivity index (χ2v) is 4.54. The molecule has 1 aliphatic carbocycles. The van der Waals surface area contributed by atoms with Crippen molar-refractivity contribution in [1.82, 2.24) is 5.32 Å². The molecule has 1 aliphatic rings. The number of aryl methyl sites for hydroxylation is 1. The number of benzene rings is 1. The molecule has 0 aromatic heterocycles. The predicted octanol–water partition coefficient (Wildman–Crippen LogP) is 3.24. The summed E-state index contributed by atoms with van der Waals surface area (Å²) in [5.41, 5.74) is 2.88. The van der Waals surface area contributed by atoms with Crippen LogP contribution in [0.25, 0.3) is 0 Å². The largest absolute Gasteiger partial charge is 0.497 e. The Balaban J connectivity index is 2.11. The minimum Gasteiger partial charge on any atom is -0.497 e. The molecule has 0 spiro atoms. The molecule has 0 heterocycles. The van der Waals surface area contributed by atoms with Gasteiger partial charge in [-0.05, 0) is 55.5 Å². The number of hydrogen-bond donors (Lipinski definition) is 1. The lowest BCUT2D eigenvalue weighted by molar-refractivity contribution is 0.411. The zero-order chi connectivity index (χ0) is 12.1. The van der Waals surface area contributed by atoms with Gasteiger partial charge in [-0.25, -0.2) is 0 Å². The molecule has 0 radical (unpaired) electrons. The van der Waals surface area contributed by atoms with Crippen molar-refractivity contribution < 1.29 is 4.74 Å². The number of fused-ring (bicyclic) bond motifs is 1. The van der Waals surface area contributed by atoms with Gasteiger partial charge in [0.2, 0.25) is 0 Å². The topological polar surface area (TPSA) is 21.3 Å². The zero-order valence-corrected chi connectivity index (χ0v) is 10.5. The SMILES string of the molecule is C=CCCNC1CCCc2cc(OC)ccc21. The van der Waals surface area contributed by atoms with Crippen LogP contribution in [0.1, 0.15) is 36.4 Å². The summed E-state index contributed by atoms with van der Waals surface area (Å²) in [6.45, 7) is 4.77. The molecule has 2 rings (SSSR count). The van der Waals surface area contributed by atoms with Crippen LogP contribution < -0.4 is 10.1 Å². The number of nitrogens with one attached hydrogen (secondary N) is 1. The highest BCUT2D eigenvalue weighted by Crippen LogP contribution is 2.31. The molecule has 1 unspecified atom stereocenters. The van der Waals surface area contributed by atoms with Crippen molar-refractivity contribution in [3.05, 3.63) is 42.0 Å². The first-order valence-corrected chi connectivity index (χ1v) is 6.36. The van der Waals surface area contributed by atoms with Gasteiger partial charge >= 0.3 is 0 Å². The van der Waals surface area contributed by atoms with E-state index in [-0.39, 0.29) is 0 Å². The smallest absolute Gasteiger partial charge is 0.119 e. The van der Waals surface area contributed by atoms with Gasteiger partial charge in [0, 0.05) is 6.04 Å². The van der Waals surface area contributed by atoms with Gasteiger partial charge in [-0.3, -0.25) is 0 Å². The summed E-state index contributed by atoms with van der Waals surface area (Å²) in [6, 6.07) is 6.95. The Labute approximate surface area is 104 Å². The molecule has 1 atom stereocenters. The molecule has 0 fully saturated rings. The average molecular weight is 231 g/mol.